The molecule has 0 saturated carbocycles. The highest BCUT2D eigenvalue weighted by Crippen LogP contribution is 2.38. The molecule has 1 aromatic carbocycles. The number of phenolic OH excluding ortho intramolecular Hbond substituents is 2. The summed E-state index contributed by atoms with van der Waals surface area (Å²) >= 11 is 0. The summed E-state index contributed by atoms with van der Waals surface area (Å²) in [5.74, 6) is -1.21. The lowest BCUT2D eigenvalue weighted by molar-refractivity contribution is -0.290. The molecule has 3 aliphatic rings. The number of ether oxygens (including phenoxy) is 3. The highest BCUT2D eigenvalue weighted by atomic mass is 16.7. The second kappa shape index (κ2) is 8.37. The first-order valence-corrected chi connectivity index (χ1v) is 9.67. The molecular weight excluding hydrogens is 428 g/mol. The van der Waals surface area contributed by atoms with Gasteiger partial charge in [-0.1, -0.05) is 0 Å². The van der Waals surface area contributed by atoms with Crippen LogP contribution in [0, 0.1) is 0 Å². The molecule has 32 heavy (non-hydrogen) atoms. The van der Waals surface area contributed by atoms with Gasteiger partial charge in [-0.05, 0) is 12.1 Å². The Balaban J connectivity index is 1.76. The van der Waals surface area contributed by atoms with Gasteiger partial charge in [0, 0.05) is 18.2 Å². The van der Waals surface area contributed by atoms with E-state index in [4.69, 9.17) is 9.47 Å². The van der Waals surface area contributed by atoms with E-state index < -0.39 is 49.2 Å². The van der Waals surface area contributed by atoms with Gasteiger partial charge in [0.1, 0.15) is 35.9 Å². The van der Waals surface area contributed by atoms with E-state index in [1.54, 1.807) is 0 Å². The summed E-state index contributed by atoms with van der Waals surface area (Å²) in [6.07, 6.45) is -4.60. The van der Waals surface area contributed by atoms with Gasteiger partial charge in [0.2, 0.25) is 18.2 Å². The van der Waals surface area contributed by atoms with Crippen LogP contribution in [0.25, 0.3) is 5.76 Å². The lowest BCUT2D eigenvalue weighted by atomic mass is 9.96. The summed E-state index contributed by atoms with van der Waals surface area (Å²) in [6, 6.07) is 3.88. The fourth-order valence-electron chi connectivity index (χ4n) is 3.62. The second-order valence-electron chi connectivity index (χ2n) is 7.53. The van der Waals surface area contributed by atoms with E-state index in [-0.39, 0.29) is 39.9 Å². The number of phenols is 2. The Labute approximate surface area is 181 Å². The largest absolute Gasteiger partial charge is 0.571 e. The maximum absolute atomic E-state index is 10.3. The molecule has 1 saturated heterocycles. The van der Waals surface area contributed by atoms with Crippen LogP contribution in [0.1, 0.15) is 5.56 Å². The Hall–Kier alpha value is -3.22. The van der Waals surface area contributed by atoms with E-state index in [9.17, 15) is 40.9 Å². The molecule has 0 bridgehead atoms. The molecule has 0 spiro atoms. The molecule has 0 radical (unpaired) electrons. The molecule has 2 heterocycles. The Morgan fingerprint density at radius 2 is 1.69 bits per heavy atom. The summed E-state index contributed by atoms with van der Waals surface area (Å²) in [6.45, 7) is -0.649. The summed E-state index contributed by atoms with van der Waals surface area (Å²) in [7, 11) is 0. The molecule has 1 unspecified atom stereocenters. The predicted octanol–water partition coefficient (Wildman–Crippen LogP) is -0.683. The number of benzene rings is 1. The first-order chi connectivity index (χ1) is 15.2. The van der Waals surface area contributed by atoms with Gasteiger partial charge in [-0.25, -0.2) is 0 Å². The fraction of sp³-hybridized carbons (Fsp3) is 0.333. The van der Waals surface area contributed by atoms with E-state index in [2.05, 4.69) is 4.74 Å². The highest BCUT2D eigenvalue weighted by Gasteiger charge is 2.46. The SMILES string of the molecule is OC[C@H]1O[C@@H](OC2=C(c3ccc(O)c(O)c3)[OH+]C3C=C(O)C=C(O)C3=C2)[C@H](O)[C@@H](O)[C@H]1O. The molecule has 0 aromatic heterocycles. The lowest BCUT2D eigenvalue weighted by Crippen LogP contribution is -2.59. The lowest BCUT2D eigenvalue weighted by Gasteiger charge is -2.40. The number of fused-ring (bicyclic) bond motifs is 1. The van der Waals surface area contributed by atoms with Crippen molar-refractivity contribution in [3.8, 4) is 11.5 Å². The van der Waals surface area contributed by atoms with Crippen molar-refractivity contribution in [1.29, 1.82) is 0 Å². The van der Waals surface area contributed by atoms with Crippen molar-refractivity contribution in [3.63, 3.8) is 0 Å². The molecule has 2 aliphatic heterocycles. The van der Waals surface area contributed by atoms with Crippen LogP contribution in [0.5, 0.6) is 11.5 Å². The monoisotopic (exact) mass is 451 g/mol. The first kappa shape index (κ1) is 22.0. The number of aliphatic hydroxyl groups is 8. The third-order valence-corrected chi connectivity index (χ3v) is 5.36. The third-order valence-electron chi connectivity index (χ3n) is 5.36. The number of aliphatic hydroxyl groups excluding tert-OH is 6. The summed E-state index contributed by atoms with van der Waals surface area (Å²) in [5.41, 5.74) is 0.547. The number of hydrogen-bond donors (Lipinski definition) is 8. The quantitative estimate of drug-likeness (QED) is 0.215. The summed E-state index contributed by atoms with van der Waals surface area (Å²) in [5, 5.41) is 79.3. The van der Waals surface area contributed by atoms with Crippen LogP contribution in [-0.2, 0) is 9.47 Å². The van der Waals surface area contributed by atoms with E-state index in [1.165, 1.54) is 30.4 Å². The van der Waals surface area contributed by atoms with Gasteiger partial charge in [-0.15, -0.1) is 0 Å². The zero-order valence-corrected chi connectivity index (χ0v) is 16.5. The van der Waals surface area contributed by atoms with Gasteiger partial charge >= 0.3 is 5.76 Å². The van der Waals surface area contributed by atoms with E-state index in [0.717, 1.165) is 6.08 Å². The van der Waals surface area contributed by atoms with Crippen LogP contribution in [0.2, 0.25) is 0 Å². The van der Waals surface area contributed by atoms with Crippen LogP contribution in [0.4, 0.5) is 0 Å². The van der Waals surface area contributed by atoms with Crippen LogP contribution >= 0.6 is 0 Å². The van der Waals surface area contributed by atoms with Crippen molar-refractivity contribution >= 4 is 5.76 Å². The molecule has 6 atom stereocenters. The molecule has 11 heteroatoms. The Kier molecular flexibility index (Phi) is 5.75. The Morgan fingerprint density at radius 1 is 0.938 bits per heavy atom. The molecular formula is C21H23O11+. The predicted molar refractivity (Wildman–Crippen MR) is 107 cm³/mol. The first-order valence-electron chi connectivity index (χ1n) is 9.67. The van der Waals surface area contributed by atoms with E-state index in [1.807, 2.05) is 0 Å². The van der Waals surface area contributed by atoms with Gasteiger partial charge in [-0.2, -0.15) is 0 Å². The van der Waals surface area contributed by atoms with Gasteiger partial charge < -0.3 is 55.1 Å². The number of rotatable bonds is 4. The van der Waals surface area contributed by atoms with E-state index >= 15 is 0 Å². The second-order valence-corrected chi connectivity index (χ2v) is 7.53. The van der Waals surface area contributed by atoms with Crippen molar-refractivity contribution in [1.82, 2.24) is 0 Å². The Bertz CT molecular complexity index is 1020. The van der Waals surface area contributed by atoms with Crippen molar-refractivity contribution in [3.05, 3.63) is 64.8 Å². The highest BCUT2D eigenvalue weighted by molar-refractivity contribution is 5.69. The number of allylic oxidation sites excluding steroid dienone is 2. The summed E-state index contributed by atoms with van der Waals surface area (Å²) in [4.78, 5) is 0. The molecule has 1 aliphatic carbocycles. The smallest absolute Gasteiger partial charge is 0.305 e. The van der Waals surface area contributed by atoms with Crippen LogP contribution < -0.4 is 0 Å². The maximum Gasteiger partial charge on any atom is 0.305 e. The van der Waals surface area contributed by atoms with Crippen molar-refractivity contribution in [2.75, 3.05) is 6.61 Å². The van der Waals surface area contributed by atoms with E-state index in [0.29, 0.717) is 0 Å². The summed E-state index contributed by atoms with van der Waals surface area (Å²) < 4.78 is 15.6. The molecule has 11 nitrogen and oxygen atoms in total. The minimum absolute atomic E-state index is 0.0413. The van der Waals surface area contributed by atoms with Gasteiger partial charge in [0.15, 0.2) is 11.5 Å². The fourth-order valence-corrected chi connectivity index (χ4v) is 3.62. The van der Waals surface area contributed by atoms with Gasteiger partial charge in [0.05, 0.1) is 23.8 Å². The number of aromatic hydroxyl groups is 2. The zero-order valence-electron chi connectivity index (χ0n) is 16.5. The standard InChI is InChI=1S/C21H22O11/c22-7-16-17(27)18(28)19(29)21(32-16)31-15-6-10-12(25)4-9(23)5-14(10)30-20(15)8-1-2-11(24)13(26)3-8/h1-6,14,16-19,21-29H,7H2/p+1/t14?,16-,17+,18+,19-,21-/m1/s1. The topological polar surface area (TPSA) is 193 Å². The minimum Gasteiger partial charge on any atom is -0.571 e. The van der Waals surface area contributed by atoms with Crippen LogP contribution in [0.3, 0.4) is 0 Å². The van der Waals surface area contributed by atoms with Crippen LogP contribution in [0.15, 0.2) is 59.3 Å². The normalized spacial score (nSPS) is 32.3. The molecule has 0 amide bonds. The third kappa shape index (κ3) is 3.87. The van der Waals surface area contributed by atoms with Gasteiger partial charge in [-0.3, -0.25) is 0 Å². The van der Waals surface area contributed by atoms with Crippen molar-refractivity contribution in [2.45, 2.75) is 36.8 Å². The molecule has 4 rings (SSSR count). The average Bonchev–Trinajstić information content (AvgIpc) is 2.76. The minimum atomic E-state index is -1.69. The van der Waals surface area contributed by atoms with Crippen LogP contribution in [-0.4, -0.2) is 89.0 Å². The average molecular weight is 451 g/mol. The number of hydrogen-bond acceptors (Lipinski definition) is 10. The van der Waals surface area contributed by atoms with Gasteiger partial charge in [0.25, 0.3) is 0 Å². The maximum atomic E-state index is 10.3. The molecule has 1 aromatic rings. The van der Waals surface area contributed by atoms with Crippen molar-refractivity contribution in [2.24, 2.45) is 0 Å². The molecule has 1 fully saturated rings. The zero-order chi connectivity index (χ0) is 23.2. The van der Waals surface area contributed by atoms with Crippen molar-refractivity contribution < 1.29 is 55.1 Å². The Morgan fingerprint density at radius 3 is 2.38 bits per heavy atom. The molecule has 172 valence electrons. The molecule has 9 N–H and O–H groups in total.